The lowest BCUT2D eigenvalue weighted by Crippen LogP contribution is -2.36. The van der Waals surface area contributed by atoms with Crippen molar-refractivity contribution in [3.8, 4) is 0 Å². The van der Waals surface area contributed by atoms with Gasteiger partial charge >= 0.3 is 0 Å². The summed E-state index contributed by atoms with van der Waals surface area (Å²) in [5.74, 6) is -1.29. The number of halogens is 2. The Labute approximate surface area is 187 Å². The number of imidazole rings is 1. The molecule has 0 fully saturated rings. The van der Waals surface area contributed by atoms with Crippen LogP contribution in [0, 0.1) is 17.0 Å². The van der Waals surface area contributed by atoms with Crippen LogP contribution in [0.3, 0.4) is 0 Å². The minimum Gasteiger partial charge on any atom is -0.364 e. The maximum Gasteiger partial charge on any atom is 0.261 e. The number of hydrogen-bond donors (Lipinski definition) is 3. The molecule has 2 heterocycles. The van der Waals surface area contributed by atoms with E-state index in [1.165, 1.54) is 12.3 Å². The molecular formula is C24H33F2N5O. The fourth-order valence-corrected chi connectivity index (χ4v) is 4.22. The molecule has 3 aromatic rings. The van der Waals surface area contributed by atoms with E-state index in [0.29, 0.717) is 5.65 Å². The van der Waals surface area contributed by atoms with Crippen molar-refractivity contribution in [2.24, 2.45) is 5.41 Å². The third-order valence-corrected chi connectivity index (χ3v) is 5.06. The summed E-state index contributed by atoms with van der Waals surface area (Å²) in [7, 11) is 0. The Kier molecular flexibility index (Phi) is 5.87. The van der Waals surface area contributed by atoms with E-state index in [9.17, 15) is 13.6 Å². The molecule has 1 aromatic carbocycles. The van der Waals surface area contributed by atoms with Gasteiger partial charge in [0.25, 0.3) is 5.91 Å². The van der Waals surface area contributed by atoms with Crippen molar-refractivity contribution < 1.29 is 13.6 Å². The molecule has 8 heteroatoms. The molecule has 0 atom stereocenters. The predicted molar refractivity (Wildman–Crippen MR) is 124 cm³/mol. The summed E-state index contributed by atoms with van der Waals surface area (Å²) in [5, 5.41) is 10.6. The van der Waals surface area contributed by atoms with Gasteiger partial charge in [-0.25, -0.2) is 8.78 Å². The van der Waals surface area contributed by atoms with E-state index in [2.05, 4.69) is 76.1 Å². The second kappa shape index (κ2) is 7.90. The number of nitrogens with zero attached hydrogens (tertiary/aromatic N) is 2. The summed E-state index contributed by atoms with van der Waals surface area (Å²) >= 11 is 0. The van der Waals surface area contributed by atoms with Gasteiger partial charge in [0.15, 0.2) is 0 Å². The molecule has 6 nitrogen and oxygen atoms in total. The van der Waals surface area contributed by atoms with Gasteiger partial charge in [-0.3, -0.25) is 4.79 Å². The zero-order chi connectivity index (χ0) is 24.1. The fraction of sp³-hybridized carbons (Fsp3) is 0.500. The quantitative estimate of drug-likeness (QED) is 0.443. The topological polar surface area (TPSA) is 74.2 Å². The number of aromatic nitrogens is 3. The molecular weight excluding hydrogens is 412 g/mol. The van der Waals surface area contributed by atoms with Crippen molar-refractivity contribution in [2.45, 2.75) is 72.8 Å². The number of hydrogen-bond acceptors (Lipinski definition) is 3. The average molecular weight is 446 g/mol. The lowest BCUT2D eigenvalue weighted by atomic mass is 9.81. The largest absolute Gasteiger partial charge is 0.364 e. The Bertz CT molecular complexity index is 1150. The molecule has 0 spiro atoms. The average Bonchev–Trinajstić information content (AvgIpc) is 3.15. The molecule has 0 saturated heterocycles. The normalized spacial score (nSPS) is 12.9. The monoisotopic (exact) mass is 445 g/mol. The minimum absolute atomic E-state index is 0.0944. The molecule has 0 unspecified atom stereocenters. The Morgan fingerprint density at radius 3 is 2.31 bits per heavy atom. The number of carbonyl (C=O) groups is 1. The predicted octanol–water partition coefficient (Wildman–Crippen LogP) is 6.12. The van der Waals surface area contributed by atoms with E-state index < -0.39 is 17.5 Å². The van der Waals surface area contributed by atoms with Gasteiger partial charge in [-0.2, -0.15) is 9.61 Å². The first-order chi connectivity index (χ1) is 14.6. The first-order valence-electron chi connectivity index (χ1n) is 10.7. The summed E-state index contributed by atoms with van der Waals surface area (Å²) in [5.41, 5.74) is 1.20. The van der Waals surface area contributed by atoms with Crippen molar-refractivity contribution in [3.05, 3.63) is 47.3 Å². The summed E-state index contributed by atoms with van der Waals surface area (Å²) < 4.78 is 28.9. The molecule has 2 aromatic heterocycles. The number of amides is 1. The van der Waals surface area contributed by atoms with Crippen LogP contribution in [-0.4, -0.2) is 26.0 Å². The van der Waals surface area contributed by atoms with Crippen LogP contribution < -0.4 is 10.6 Å². The number of benzene rings is 1. The number of anilines is 2. The molecule has 32 heavy (non-hydrogen) atoms. The first kappa shape index (κ1) is 23.8. The van der Waals surface area contributed by atoms with E-state index in [-0.39, 0.29) is 27.6 Å². The van der Waals surface area contributed by atoms with Gasteiger partial charge in [0, 0.05) is 17.0 Å². The number of nitrogens with one attached hydrogen (secondary N) is 3. The van der Waals surface area contributed by atoms with Crippen LogP contribution in [0.5, 0.6) is 0 Å². The Hall–Kier alpha value is -2.90. The molecule has 0 aliphatic rings. The maximum atomic E-state index is 14.0. The second-order valence-electron chi connectivity index (χ2n) is 11.2. The first-order valence-corrected chi connectivity index (χ1v) is 10.7. The zero-order valence-corrected chi connectivity index (χ0v) is 20.1. The van der Waals surface area contributed by atoms with Gasteiger partial charge in [0.05, 0.1) is 17.6 Å². The van der Waals surface area contributed by atoms with Crippen LogP contribution in [0.15, 0.2) is 24.4 Å². The van der Waals surface area contributed by atoms with Gasteiger partial charge in [-0.15, -0.1) is 0 Å². The van der Waals surface area contributed by atoms with E-state index in [1.54, 1.807) is 4.52 Å². The molecule has 0 radical (unpaired) electrons. The highest BCUT2D eigenvalue weighted by atomic mass is 19.1. The molecule has 3 rings (SSSR count). The van der Waals surface area contributed by atoms with Crippen LogP contribution in [0.4, 0.5) is 20.3 Å². The molecule has 0 bridgehead atoms. The van der Waals surface area contributed by atoms with E-state index >= 15 is 0 Å². The molecule has 174 valence electrons. The fourth-order valence-electron chi connectivity index (χ4n) is 4.22. The molecule has 0 aliphatic heterocycles. The van der Waals surface area contributed by atoms with E-state index in [4.69, 9.17) is 0 Å². The number of carbonyl (C=O) groups excluding carboxylic acids is 1. The second-order valence-corrected chi connectivity index (χ2v) is 11.2. The van der Waals surface area contributed by atoms with Gasteiger partial charge < -0.3 is 15.6 Å². The Balaban J connectivity index is 2.02. The number of H-pyrrole nitrogens is 1. The van der Waals surface area contributed by atoms with Crippen molar-refractivity contribution >= 4 is 23.1 Å². The van der Waals surface area contributed by atoms with Gasteiger partial charge in [0.1, 0.15) is 28.7 Å². The SMILES string of the molecule is CC(C)(C)CC(C)(C)Nc1c(C(C)(C)C)[nH]c2c(C(=O)Nc3ccc(F)cc3F)cnn12. The zero-order valence-electron chi connectivity index (χ0n) is 20.1. The summed E-state index contributed by atoms with van der Waals surface area (Å²) in [6.45, 7) is 17.1. The highest BCUT2D eigenvalue weighted by molar-refractivity contribution is 6.08. The van der Waals surface area contributed by atoms with E-state index in [0.717, 1.165) is 30.1 Å². The molecule has 3 N–H and O–H groups in total. The van der Waals surface area contributed by atoms with Crippen molar-refractivity contribution in [2.75, 3.05) is 10.6 Å². The maximum absolute atomic E-state index is 14.0. The lowest BCUT2D eigenvalue weighted by molar-refractivity contribution is 0.102. The molecule has 0 aliphatic carbocycles. The van der Waals surface area contributed by atoms with Gasteiger partial charge in [0.2, 0.25) is 0 Å². The molecule has 0 saturated carbocycles. The Morgan fingerprint density at radius 1 is 1.09 bits per heavy atom. The number of aromatic amines is 1. The lowest BCUT2D eigenvalue weighted by Gasteiger charge is -2.34. The molecule has 1 amide bonds. The van der Waals surface area contributed by atoms with Crippen molar-refractivity contribution in [3.63, 3.8) is 0 Å². The van der Waals surface area contributed by atoms with Crippen molar-refractivity contribution in [1.82, 2.24) is 14.6 Å². The smallest absolute Gasteiger partial charge is 0.261 e. The van der Waals surface area contributed by atoms with Crippen molar-refractivity contribution in [1.29, 1.82) is 0 Å². The third kappa shape index (κ3) is 5.11. The standard InChI is InChI=1S/C24H33F2N5O/c1-22(2,3)13-24(7,8)30-20-18(23(4,5)6)29-19-15(12-27-31(19)20)21(32)28-17-10-9-14(25)11-16(17)26/h9-12,29-30H,13H2,1-8H3,(H,28,32). The van der Waals surface area contributed by atoms with E-state index in [1.807, 2.05) is 0 Å². The highest BCUT2D eigenvalue weighted by Crippen LogP contribution is 2.35. The number of rotatable bonds is 5. The van der Waals surface area contributed by atoms with Gasteiger partial charge in [-0.05, 0) is 37.8 Å². The minimum atomic E-state index is -0.838. The van der Waals surface area contributed by atoms with Crippen LogP contribution in [0.25, 0.3) is 5.65 Å². The summed E-state index contributed by atoms with van der Waals surface area (Å²) in [6, 6.07) is 3.02. The Morgan fingerprint density at radius 2 is 1.75 bits per heavy atom. The number of fused-ring (bicyclic) bond motifs is 1. The van der Waals surface area contributed by atoms with Gasteiger partial charge in [-0.1, -0.05) is 41.5 Å². The summed E-state index contributed by atoms with van der Waals surface area (Å²) in [4.78, 5) is 16.3. The highest BCUT2D eigenvalue weighted by Gasteiger charge is 2.32. The van der Waals surface area contributed by atoms with Crippen LogP contribution in [0.1, 0.15) is 77.9 Å². The van der Waals surface area contributed by atoms with Crippen LogP contribution >= 0.6 is 0 Å². The summed E-state index contributed by atoms with van der Waals surface area (Å²) in [6.07, 6.45) is 2.35. The third-order valence-electron chi connectivity index (χ3n) is 5.06. The van der Waals surface area contributed by atoms with Crippen LogP contribution in [-0.2, 0) is 5.41 Å². The van der Waals surface area contributed by atoms with Crippen LogP contribution in [0.2, 0.25) is 0 Å².